The zero-order valence-electron chi connectivity index (χ0n) is 11.3. The van der Waals surface area contributed by atoms with E-state index in [-0.39, 0.29) is 11.6 Å². The first-order chi connectivity index (χ1) is 9.10. The van der Waals surface area contributed by atoms with E-state index in [1.54, 1.807) is 7.11 Å². The highest BCUT2D eigenvalue weighted by Crippen LogP contribution is 2.38. The first kappa shape index (κ1) is 14.2. The minimum absolute atomic E-state index is 0.169. The van der Waals surface area contributed by atoms with Crippen LogP contribution < -0.4 is 20.9 Å². The van der Waals surface area contributed by atoms with Gasteiger partial charge in [-0.3, -0.25) is 0 Å². The van der Waals surface area contributed by atoms with Crippen molar-refractivity contribution >= 4 is 17.3 Å². The molecule has 19 heavy (non-hydrogen) atoms. The summed E-state index contributed by atoms with van der Waals surface area (Å²) in [7, 11) is 1.66. The molecule has 5 heteroatoms. The summed E-state index contributed by atoms with van der Waals surface area (Å²) in [5.41, 5.74) is 13.2. The van der Waals surface area contributed by atoms with Crippen LogP contribution in [0, 0.1) is 0 Å². The van der Waals surface area contributed by atoms with Gasteiger partial charge in [-0.2, -0.15) is 0 Å². The second kappa shape index (κ2) is 6.32. The molecule has 1 unspecified atom stereocenters. The van der Waals surface area contributed by atoms with Crippen LogP contribution in [0.4, 0.5) is 0 Å². The fraction of sp³-hybridized carbons (Fsp3) is 0.429. The lowest BCUT2D eigenvalue weighted by Crippen LogP contribution is -2.26. The Hall–Kier alpha value is -1.17. The molecular formula is C14H20N2O2S. The number of methoxy groups -OCH3 is 1. The molecule has 2 rings (SSSR count). The molecule has 1 aromatic carbocycles. The fourth-order valence-electron chi connectivity index (χ4n) is 2.12. The van der Waals surface area contributed by atoms with E-state index in [1.165, 1.54) is 17.3 Å². The van der Waals surface area contributed by atoms with E-state index >= 15 is 0 Å². The summed E-state index contributed by atoms with van der Waals surface area (Å²) in [4.78, 5) is 0. The van der Waals surface area contributed by atoms with Crippen molar-refractivity contribution in [2.75, 3.05) is 12.9 Å². The van der Waals surface area contributed by atoms with Crippen LogP contribution in [0.5, 0.6) is 11.5 Å². The number of rotatable bonds is 4. The third kappa shape index (κ3) is 3.65. The highest BCUT2D eigenvalue weighted by atomic mass is 32.2. The Labute approximate surface area is 118 Å². The predicted molar refractivity (Wildman–Crippen MR) is 80.3 cm³/mol. The van der Waals surface area contributed by atoms with Crippen LogP contribution in [0.2, 0.25) is 0 Å². The summed E-state index contributed by atoms with van der Waals surface area (Å²) in [5, 5.41) is 0. The van der Waals surface area contributed by atoms with E-state index in [9.17, 15) is 0 Å². The minimum atomic E-state index is -0.329. The van der Waals surface area contributed by atoms with Gasteiger partial charge in [-0.15, -0.1) is 11.8 Å². The highest BCUT2D eigenvalue weighted by Gasteiger charge is 2.20. The Bertz CT molecular complexity index is 475. The van der Waals surface area contributed by atoms with Gasteiger partial charge >= 0.3 is 0 Å². The maximum atomic E-state index is 5.85. The van der Waals surface area contributed by atoms with Crippen molar-refractivity contribution in [3.63, 3.8) is 0 Å². The van der Waals surface area contributed by atoms with E-state index in [0.717, 1.165) is 29.2 Å². The van der Waals surface area contributed by atoms with E-state index in [0.29, 0.717) is 0 Å². The quantitative estimate of drug-likeness (QED) is 0.827. The maximum Gasteiger partial charge on any atom is 0.130 e. The fourth-order valence-corrected chi connectivity index (χ4v) is 2.64. The van der Waals surface area contributed by atoms with Crippen molar-refractivity contribution in [1.82, 2.24) is 0 Å². The van der Waals surface area contributed by atoms with Crippen molar-refractivity contribution in [2.45, 2.75) is 24.9 Å². The van der Waals surface area contributed by atoms with Crippen molar-refractivity contribution in [3.05, 3.63) is 29.8 Å². The Kier molecular flexibility index (Phi) is 4.74. The lowest BCUT2D eigenvalue weighted by Gasteiger charge is -2.26. The van der Waals surface area contributed by atoms with Crippen molar-refractivity contribution in [1.29, 1.82) is 0 Å². The summed E-state index contributed by atoms with van der Waals surface area (Å²) in [6.07, 6.45) is 3.25. The molecule has 0 aromatic heterocycles. The van der Waals surface area contributed by atoms with E-state index in [2.05, 4.69) is 13.0 Å². The molecule has 1 aliphatic heterocycles. The molecule has 0 bridgehead atoms. The largest absolute Gasteiger partial charge is 0.497 e. The summed E-state index contributed by atoms with van der Waals surface area (Å²) in [6.45, 7) is 2.07. The predicted octanol–water partition coefficient (Wildman–Crippen LogP) is 2.18. The van der Waals surface area contributed by atoms with Gasteiger partial charge in [-0.25, -0.2) is 0 Å². The van der Waals surface area contributed by atoms with Crippen LogP contribution in [-0.2, 0) is 0 Å². The van der Waals surface area contributed by atoms with Gasteiger partial charge in [0.15, 0.2) is 0 Å². The molecule has 4 nitrogen and oxygen atoms in total. The van der Waals surface area contributed by atoms with Crippen LogP contribution in [-0.4, -0.2) is 24.5 Å². The monoisotopic (exact) mass is 280 g/mol. The van der Waals surface area contributed by atoms with Gasteiger partial charge in [0.25, 0.3) is 0 Å². The Balaban J connectivity index is 2.23. The lowest BCUT2D eigenvalue weighted by molar-refractivity contribution is 0.217. The Morgan fingerprint density at radius 2 is 2.32 bits per heavy atom. The average Bonchev–Trinajstić information content (AvgIpc) is 2.37. The van der Waals surface area contributed by atoms with Gasteiger partial charge < -0.3 is 20.9 Å². The molecule has 1 aliphatic rings. The number of fused-ring (bicyclic) bond motifs is 1. The number of thioether (sulfide) groups is 1. The maximum absolute atomic E-state index is 5.85. The molecule has 1 heterocycles. The van der Waals surface area contributed by atoms with Crippen LogP contribution in [0.3, 0.4) is 0 Å². The number of hydrogen-bond donors (Lipinski definition) is 2. The smallest absolute Gasteiger partial charge is 0.130 e. The second-order valence-electron chi connectivity index (χ2n) is 4.52. The molecule has 0 aliphatic carbocycles. The topological polar surface area (TPSA) is 70.5 Å². The van der Waals surface area contributed by atoms with Crippen LogP contribution in [0.15, 0.2) is 24.3 Å². The Morgan fingerprint density at radius 3 is 3.00 bits per heavy atom. The van der Waals surface area contributed by atoms with Crippen molar-refractivity contribution < 1.29 is 9.47 Å². The third-order valence-corrected chi connectivity index (χ3v) is 3.73. The molecule has 4 N–H and O–H groups in total. The molecule has 0 radical (unpaired) electrons. The molecule has 0 saturated heterocycles. The standard InChI is InChI=1S/C14H20N2O2S/c1-9-7-10(5-6-19-14(15)16)12-4-3-11(17-2)8-13(12)18-9/h3-5,8-9,14H,6-7,15-16H2,1-2H3. The van der Waals surface area contributed by atoms with Crippen LogP contribution >= 0.6 is 11.8 Å². The second-order valence-corrected chi connectivity index (χ2v) is 5.73. The zero-order chi connectivity index (χ0) is 13.8. The summed E-state index contributed by atoms with van der Waals surface area (Å²) in [6, 6.07) is 5.92. The SMILES string of the molecule is COc1ccc2c(c1)OC(C)CC2=CCSC(N)N. The molecule has 0 amide bonds. The van der Waals surface area contributed by atoms with E-state index < -0.39 is 0 Å². The molecular weight excluding hydrogens is 260 g/mol. The minimum Gasteiger partial charge on any atom is -0.497 e. The molecule has 104 valence electrons. The zero-order valence-corrected chi connectivity index (χ0v) is 12.1. The molecule has 0 saturated carbocycles. The Morgan fingerprint density at radius 1 is 1.53 bits per heavy atom. The van der Waals surface area contributed by atoms with E-state index in [4.69, 9.17) is 20.9 Å². The highest BCUT2D eigenvalue weighted by molar-refractivity contribution is 7.99. The molecule has 1 aromatic rings. The number of hydrogen-bond acceptors (Lipinski definition) is 5. The summed E-state index contributed by atoms with van der Waals surface area (Å²) in [5.74, 6) is 2.50. The van der Waals surface area contributed by atoms with Crippen LogP contribution in [0.25, 0.3) is 5.57 Å². The van der Waals surface area contributed by atoms with Crippen molar-refractivity contribution in [3.8, 4) is 11.5 Å². The number of benzene rings is 1. The van der Waals surface area contributed by atoms with Gasteiger partial charge in [0.2, 0.25) is 0 Å². The van der Waals surface area contributed by atoms with Gasteiger partial charge in [-0.1, -0.05) is 6.08 Å². The van der Waals surface area contributed by atoms with Gasteiger partial charge in [0.1, 0.15) is 17.0 Å². The molecule has 1 atom stereocenters. The molecule has 0 spiro atoms. The van der Waals surface area contributed by atoms with Crippen molar-refractivity contribution in [2.24, 2.45) is 11.5 Å². The summed E-state index contributed by atoms with van der Waals surface area (Å²) >= 11 is 1.52. The average molecular weight is 280 g/mol. The third-order valence-electron chi connectivity index (χ3n) is 2.99. The number of nitrogens with two attached hydrogens (primary N) is 2. The molecule has 0 fully saturated rings. The lowest BCUT2D eigenvalue weighted by atomic mass is 9.96. The van der Waals surface area contributed by atoms with Gasteiger partial charge in [0, 0.05) is 23.8 Å². The van der Waals surface area contributed by atoms with Gasteiger partial charge in [0.05, 0.1) is 13.2 Å². The first-order valence-electron chi connectivity index (χ1n) is 6.27. The van der Waals surface area contributed by atoms with Gasteiger partial charge in [-0.05, 0) is 24.6 Å². The number of ether oxygens (including phenoxy) is 2. The van der Waals surface area contributed by atoms with Crippen LogP contribution in [0.1, 0.15) is 18.9 Å². The first-order valence-corrected chi connectivity index (χ1v) is 7.32. The summed E-state index contributed by atoms with van der Waals surface area (Å²) < 4.78 is 11.1. The normalized spacial score (nSPS) is 20.3. The van der Waals surface area contributed by atoms with E-state index in [1.807, 2.05) is 18.2 Å².